The maximum absolute atomic E-state index is 6.20. The Hall–Kier alpha value is -5.86. The van der Waals surface area contributed by atoms with Gasteiger partial charge in [0.25, 0.3) is 0 Å². The van der Waals surface area contributed by atoms with E-state index in [0.717, 1.165) is 37.0 Å². The van der Waals surface area contributed by atoms with Gasteiger partial charge >= 0.3 is 0 Å². The number of nitrogens with zero attached hydrogens (tertiary/aromatic N) is 1. The van der Waals surface area contributed by atoms with Crippen molar-refractivity contribution in [2.75, 3.05) is 4.90 Å². The van der Waals surface area contributed by atoms with Crippen LogP contribution in [0.2, 0.25) is 0 Å². The smallest absolute Gasteiger partial charge is 0.135 e. The number of benzene rings is 6. The molecule has 6 aromatic carbocycles. The number of furan rings is 1. The zero-order valence-corrected chi connectivity index (χ0v) is 28.7. The van der Waals surface area contributed by atoms with Crippen LogP contribution in [-0.4, -0.2) is 5.54 Å². The zero-order valence-electron chi connectivity index (χ0n) is 28.7. The van der Waals surface area contributed by atoms with Crippen LogP contribution < -0.4 is 15.3 Å². The largest absolute Gasteiger partial charge is 0.456 e. The van der Waals surface area contributed by atoms with E-state index in [1.54, 1.807) is 0 Å². The van der Waals surface area contributed by atoms with Crippen molar-refractivity contribution in [1.82, 2.24) is 0 Å². The molecule has 2 heteroatoms. The highest BCUT2D eigenvalue weighted by Crippen LogP contribution is 2.55. The Morgan fingerprint density at radius 1 is 0.647 bits per heavy atom. The molecule has 4 aliphatic rings. The van der Waals surface area contributed by atoms with Crippen molar-refractivity contribution in [2.24, 2.45) is 0 Å². The molecule has 0 radical (unpaired) electrons. The minimum Gasteiger partial charge on any atom is -0.456 e. The van der Waals surface area contributed by atoms with Gasteiger partial charge in [0.05, 0.1) is 5.54 Å². The number of hydrogen-bond acceptors (Lipinski definition) is 2. The molecule has 0 amide bonds. The van der Waals surface area contributed by atoms with Crippen molar-refractivity contribution < 1.29 is 4.42 Å². The predicted molar refractivity (Wildman–Crippen MR) is 215 cm³/mol. The fourth-order valence-electron chi connectivity index (χ4n) is 9.51. The fourth-order valence-corrected chi connectivity index (χ4v) is 9.51. The summed E-state index contributed by atoms with van der Waals surface area (Å²) in [4.78, 5) is 2.57. The Morgan fingerprint density at radius 3 is 2.31 bits per heavy atom. The molecule has 0 bridgehead atoms. The molecule has 3 aliphatic carbocycles. The summed E-state index contributed by atoms with van der Waals surface area (Å²) in [5, 5.41) is 9.40. The monoisotopic (exact) mass is 655 g/mol. The Kier molecular flexibility index (Phi) is 6.14. The first-order chi connectivity index (χ1) is 25.1. The minimum atomic E-state index is -0.250. The SMILES string of the molecule is C[C@@]12C=CC(c3ccc4oc5c(c4c3)CCC=C5)=CC1c1ccccc1N2c1cccc(-c2ccc3c4c(c5ccccc5c3c2)=CCCC=4)c1. The number of hydrogen-bond donors (Lipinski definition) is 0. The molecule has 11 rings (SSSR count). The van der Waals surface area contributed by atoms with Gasteiger partial charge in [-0.25, -0.2) is 0 Å². The first-order valence-electron chi connectivity index (χ1n) is 18.4. The van der Waals surface area contributed by atoms with Gasteiger partial charge in [-0.3, -0.25) is 0 Å². The summed E-state index contributed by atoms with van der Waals surface area (Å²) in [6.07, 6.45) is 20.8. The quantitative estimate of drug-likeness (QED) is 0.176. The summed E-state index contributed by atoms with van der Waals surface area (Å²) < 4.78 is 6.20. The van der Waals surface area contributed by atoms with E-state index in [1.165, 1.54) is 82.1 Å². The van der Waals surface area contributed by atoms with E-state index in [-0.39, 0.29) is 11.5 Å². The van der Waals surface area contributed by atoms with Crippen LogP contribution in [-0.2, 0) is 6.42 Å². The number of anilines is 2. The average Bonchev–Trinajstić information content (AvgIpc) is 3.69. The van der Waals surface area contributed by atoms with Crippen molar-refractivity contribution in [2.45, 2.75) is 44.1 Å². The van der Waals surface area contributed by atoms with Crippen LogP contribution in [0.15, 0.2) is 138 Å². The molecule has 0 N–H and O–H groups in total. The lowest BCUT2D eigenvalue weighted by molar-refractivity contribution is 0.544. The Bertz CT molecular complexity index is 2840. The van der Waals surface area contributed by atoms with Crippen molar-refractivity contribution in [3.05, 3.63) is 166 Å². The van der Waals surface area contributed by atoms with Crippen molar-refractivity contribution >= 4 is 67.7 Å². The highest BCUT2D eigenvalue weighted by Gasteiger charge is 2.47. The van der Waals surface area contributed by atoms with Gasteiger partial charge in [-0.15, -0.1) is 0 Å². The summed E-state index contributed by atoms with van der Waals surface area (Å²) in [7, 11) is 0. The maximum Gasteiger partial charge on any atom is 0.135 e. The molecule has 2 atom stereocenters. The van der Waals surface area contributed by atoms with Crippen LogP contribution in [0, 0.1) is 0 Å². The van der Waals surface area contributed by atoms with Crippen LogP contribution in [0.4, 0.5) is 11.4 Å². The normalized spacial score (nSPS) is 20.1. The van der Waals surface area contributed by atoms with Gasteiger partial charge < -0.3 is 9.32 Å². The van der Waals surface area contributed by atoms with Gasteiger partial charge in [0, 0.05) is 28.2 Å². The summed E-state index contributed by atoms with van der Waals surface area (Å²) in [5.74, 6) is 1.23. The van der Waals surface area contributed by atoms with Gasteiger partial charge in [-0.05, 0) is 135 Å². The molecular formula is C49H37NO. The third-order valence-electron chi connectivity index (χ3n) is 12.0. The summed E-state index contributed by atoms with van der Waals surface area (Å²) in [5.41, 5.74) is 10.9. The second-order valence-corrected chi connectivity index (χ2v) is 14.8. The van der Waals surface area contributed by atoms with E-state index in [0.29, 0.717) is 0 Å². The Balaban J connectivity index is 1.01. The van der Waals surface area contributed by atoms with Crippen LogP contribution in [0.3, 0.4) is 0 Å². The molecule has 2 heterocycles. The number of aryl methyl sites for hydroxylation is 1. The third-order valence-corrected chi connectivity index (χ3v) is 12.0. The van der Waals surface area contributed by atoms with Gasteiger partial charge in [0.1, 0.15) is 11.3 Å². The van der Waals surface area contributed by atoms with Crippen LogP contribution in [0.5, 0.6) is 0 Å². The molecule has 1 aromatic heterocycles. The minimum absolute atomic E-state index is 0.209. The number of fused-ring (bicyclic) bond motifs is 12. The first-order valence-corrected chi connectivity index (χ1v) is 18.4. The molecule has 2 nitrogen and oxygen atoms in total. The maximum atomic E-state index is 6.20. The fraction of sp³-hybridized carbons (Fsp3) is 0.143. The van der Waals surface area contributed by atoms with Gasteiger partial charge in [-0.2, -0.15) is 0 Å². The standard InChI is InChI=1S/C49H37NO/c1-49-26-25-34(33-22-24-48-44(29-33)41-17-7-9-20-47(41)51-48)30-45(49)42-18-6-8-19-46(42)50(49)35-12-10-11-31(27-35)32-21-23-40-38-15-3-2-13-36(38)37-14-4-5-16-39(37)43(40)28-32/h4-6,8-16,18-30,45H,2-3,7,17H2,1H3/t45?,49-/m1/s1. The molecule has 0 saturated carbocycles. The third kappa shape index (κ3) is 4.23. The lowest BCUT2D eigenvalue weighted by Gasteiger charge is -2.40. The van der Waals surface area contributed by atoms with Crippen molar-refractivity contribution in [3.8, 4) is 11.1 Å². The zero-order chi connectivity index (χ0) is 33.7. The predicted octanol–water partition coefficient (Wildman–Crippen LogP) is 11.4. The molecule has 1 unspecified atom stereocenters. The van der Waals surface area contributed by atoms with Crippen LogP contribution in [0.1, 0.15) is 54.6 Å². The van der Waals surface area contributed by atoms with Gasteiger partial charge in [-0.1, -0.05) is 109 Å². The van der Waals surface area contributed by atoms with E-state index < -0.39 is 0 Å². The van der Waals surface area contributed by atoms with E-state index in [4.69, 9.17) is 4.42 Å². The van der Waals surface area contributed by atoms with Crippen LogP contribution in [0.25, 0.3) is 67.4 Å². The highest BCUT2D eigenvalue weighted by atomic mass is 16.3. The second-order valence-electron chi connectivity index (χ2n) is 14.8. The molecule has 0 saturated heterocycles. The molecule has 51 heavy (non-hydrogen) atoms. The lowest BCUT2D eigenvalue weighted by atomic mass is 9.77. The number of para-hydroxylation sites is 1. The summed E-state index contributed by atoms with van der Waals surface area (Å²) >= 11 is 0. The molecule has 7 aromatic rings. The van der Waals surface area contributed by atoms with E-state index in [1.807, 2.05) is 0 Å². The lowest BCUT2D eigenvalue weighted by Crippen LogP contribution is -2.42. The number of allylic oxidation sites excluding steroid dienone is 3. The molecule has 0 spiro atoms. The topological polar surface area (TPSA) is 16.4 Å². The average molecular weight is 656 g/mol. The van der Waals surface area contributed by atoms with Crippen molar-refractivity contribution in [3.63, 3.8) is 0 Å². The van der Waals surface area contributed by atoms with Crippen molar-refractivity contribution in [1.29, 1.82) is 0 Å². The summed E-state index contributed by atoms with van der Waals surface area (Å²) in [6.45, 7) is 2.40. The van der Waals surface area contributed by atoms with Crippen LogP contribution >= 0.6 is 0 Å². The van der Waals surface area contributed by atoms with Gasteiger partial charge in [0.15, 0.2) is 0 Å². The van der Waals surface area contributed by atoms with Gasteiger partial charge in [0.2, 0.25) is 0 Å². The van der Waals surface area contributed by atoms with E-state index >= 15 is 0 Å². The van der Waals surface area contributed by atoms with E-state index in [9.17, 15) is 0 Å². The Morgan fingerprint density at radius 2 is 1.41 bits per heavy atom. The second kappa shape index (κ2) is 10.8. The first kappa shape index (κ1) is 28.9. The summed E-state index contributed by atoms with van der Waals surface area (Å²) in [6, 6.07) is 40.9. The van der Waals surface area contributed by atoms with E-state index in [2.05, 4.69) is 164 Å². The number of rotatable bonds is 3. The molecular weight excluding hydrogens is 619 g/mol. The molecule has 244 valence electrons. The Labute approximate surface area is 297 Å². The highest BCUT2D eigenvalue weighted by molar-refractivity contribution is 6.09. The molecule has 0 fully saturated rings. The molecule has 1 aliphatic heterocycles.